The average molecular weight is 167 g/mol. The third kappa shape index (κ3) is 3.28. The van der Waals surface area contributed by atoms with Gasteiger partial charge in [0.2, 0.25) is 0 Å². The predicted octanol–water partition coefficient (Wildman–Crippen LogP) is 2.48. The first-order valence-electron chi connectivity index (χ1n) is 4.16. The molecule has 0 aliphatic rings. The maximum Gasteiger partial charge on any atom is 0.115 e. The van der Waals surface area contributed by atoms with Crippen LogP contribution < -0.4 is 4.90 Å². The van der Waals surface area contributed by atoms with Crippen LogP contribution in [0.2, 0.25) is 0 Å². The van der Waals surface area contributed by atoms with E-state index < -0.39 is 0 Å². The van der Waals surface area contributed by atoms with Crippen molar-refractivity contribution in [2.75, 3.05) is 19.0 Å². The zero-order valence-electron chi connectivity index (χ0n) is 8.20. The number of hydrogen-bond acceptors (Lipinski definition) is 2. The smallest absolute Gasteiger partial charge is 0.115 e. The molecule has 1 aromatic rings. The van der Waals surface area contributed by atoms with Crippen LogP contribution in [0.1, 0.15) is 13.8 Å². The zero-order chi connectivity index (χ0) is 9.56. The minimum absolute atomic E-state index is 0.311. The second kappa shape index (κ2) is 5.47. The Hall–Kier alpha value is -1.18. The molecular formula is C10H17NO. The van der Waals surface area contributed by atoms with Gasteiger partial charge >= 0.3 is 0 Å². The van der Waals surface area contributed by atoms with Crippen molar-refractivity contribution in [3.63, 3.8) is 0 Å². The number of benzene rings is 1. The highest BCUT2D eigenvalue weighted by Crippen LogP contribution is 2.15. The third-order valence-electron chi connectivity index (χ3n) is 1.37. The third-order valence-corrected chi connectivity index (χ3v) is 1.37. The second-order valence-electron chi connectivity index (χ2n) is 2.41. The largest absolute Gasteiger partial charge is 0.508 e. The van der Waals surface area contributed by atoms with Crippen LogP contribution in [0, 0.1) is 0 Å². The number of phenolic OH excluding ortho intramolecular Hbond substituents is 1. The molecule has 0 aliphatic heterocycles. The molecule has 0 aliphatic carbocycles. The molecule has 0 saturated carbocycles. The minimum Gasteiger partial charge on any atom is -0.508 e. The van der Waals surface area contributed by atoms with Crippen LogP contribution in [0.5, 0.6) is 5.75 Å². The van der Waals surface area contributed by atoms with Crippen molar-refractivity contribution in [1.29, 1.82) is 0 Å². The van der Waals surface area contributed by atoms with Crippen molar-refractivity contribution in [2.24, 2.45) is 0 Å². The molecule has 0 bridgehead atoms. The maximum absolute atomic E-state index is 8.92. The monoisotopic (exact) mass is 167 g/mol. The van der Waals surface area contributed by atoms with Gasteiger partial charge in [-0.2, -0.15) is 0 Å². The van der Waals surface area contributed by atoms with E-state index in [2.05, 4.69) is 0 Å². The molecule has 1 aromatic carbocycles. The van der Waals surface area contributed by atoms with Crippen LogP contribution in [0.3, 0.4) is 0 Å². The molecule has 1 rings (SSSR count). The van der Waals surface area contributed by atoms with Crippen LogP contribution in [0.15, 0.2) is 24.3 Å². The molecule has 0 amide bonds. The van der Waals surface area contributed by atoms with Crippen molar-refractivity contribution in [1.82, 2.24) is 0 Å². The van der Waals surface area contributed by atoms with E-state index in [0.29, 0.717) is 5.75 Å². The zero-order valence-corrected chi connectivity index (χ0v) is 8.20. The van der Waals surface area contributed by atoms with Crippen molar-refractivity contribution in [3.05, 3.63) is 24.3 Å². The van der Waals surface area contributed by atoms with Crippen LogP contribution in [-0.2, 0) is 0 Å². The van der Waals surface area contributed by atoms with Crippen LogP contribution >= 0.6 is 0 Å². The lowest BCUT2D eigenvalue weighted by atomic mass is 10.3. The fourth-order valence-corrected chi connectivity index (χ4v) is 0.751. The highest BCUT2D eigenvalue weighted by Gasteiger charge is 1.92. The molecule has 0 radical (unpaired) electrons. The normalized spacial score (nSPS) is 8.33. The predicted molar refractivity (Wildman–Crippen MR) is 53.8 cm³/mol. The first-order chi connectivity index (χ1) is 5.70. The van der Waals surface area contributed by atoms with Gasteiger partial charge in [0.05, 0.1) is 0 Å². The lowest BCUT2D eigenvalue weighted by Crippen LogP contribution is -2.07. The quantitative estimate of drug-likeness (QED) is 0.694. The van der Waals surface area contributed by atoms with E-state index in [1.807, 2.05) is 45.0 Å². The molecule has 0 fully saturated rings. The van der Waals surface area contributed by atoms with Gasteiger partial charge in [0.1, 0.15) is 5.75 Å². The topological polar surface area (TPSA) is 23.5 Å². The number of aromatic hydroxyl groups is 1. The Balaban J connectivity index is 0.000000561. The van der Waals surface area contributed by atoms with Crippen molar-refractivity contribution in [3.8, 4) is 5.75 Å². The molecule has 0 saturated heterocycles. The number of hydrogen-bond donors (Lipinski definition) is 1. The molecule has 2 heteroatoms. The van der Waals surface area contributed by atoms with E-state index in [9.17, 15) is 0 Å². The highest BCUT2D eigenvalue weighted by molar-refractivity contribution is 5.47. The lowest BCUT2D eigenvalue weighted by Gasteiger charge is -2.11. The first kappa shape index (κ1) is 10.8. The molecule has 0 unspecified atom stereocenters. The second-order valence-corrected chi connectivity index (χ2v) is 2.41. The molecule has 1 N–H and O–H groups in total. The van der Waals surface area contributed by atoms with Crippen LogP contribution in [-0.4, -0.2) is 19.2 Å². The molecule has 0 atom stereocenters. The van der Waals surface area contributed by atoms with E-state index in [4.69, 9.17) is 5.11 Å². The number of phenols is 1. The average Bonchev–Trinajstić information content (AvgIpc) is 2.09. The summed E-state index contributed by atoms with van der Waals surface area (Å²) in [7, 11) is 3.93. The van der Waals surface area contributed by atoms with Gasteiger partial charge in [-0.25, -0.2) is 0 Å². The van der Waals surface area contributed by atoms with E-state index in [1.165, 1.54) is 0 Å². The van der Waals surface area contributed by atoms with Gasteiger partial charge in [-0.1, -0.05) is 13.8 Å². The van der Waals surface area contributed by atoms with Crippen LogP contribution in [0.4, 0.5) is 5.69 Å². The van der Waals surface area contributed by atoms with Crippen molar-refractivity contribution < 1.29 is 5.11 Å². The number of rotatable bonds is 1. The molecule has 0 heterocycles. The summed E-state index contributed by atoms with van der Waals surface area (Å²) in [6, 6.07) is 7.09. The lowest BCUT2D eigenvalue weighted by molar-refractivity contribution is 0.475. The minimum atomic E-state index is 0.311. The molecule has 68 valence electrons. The Kier molecular flexibility index (Phi) is 4.93. The van der Waals surface area contributed by atoms with Crippen molar-refractivity contribution in [2.45, 2.75) is 13.8 Å². The van der Waals surface area contributed by atoms with Gasteiger partial charge in [0, 0.05) is 19.8 Å². The molecule has 0 aromatic heterocycles. The molecular weight excluding hydrogens is 150 g/mol. The summed E-state index contributed by atoms with van der Waals surface area (Å²) in [6.07, 6.45) is 0. The summed E-state index contributed by atoms with van der Waals surface area (Å²) >= 11 is 0. The van der Waals surface area contributed by atoms with E-state index in [0.717, 1.165) is 5.69 Å². The Labute approximate surface area is 74.5 Å². The molecule has 2 nitrogen and oxygen atoms in total. The van der Waals surface area contributed by atoms with Gasteiger partial charge in [-0.3, -0.25) is 0 Å². The first-order valence-corrected chi connectivity index (χ1v) is 4.16. The summed E-state index contributed by atoms with van der Waals surface area (Å²) in [4.78, 5) is 1.99. The number of nitrogens with zero attached hydrogens (tertiary/aromatic N) is 1. The van der Waals surface area contributed by atoms with Gasteiger partial charge in [-0.05, 0) is 24.3 Å². The fourth-order valence-electron chi connectivity index (χ4n) is 0.751. The van der Waals surface area contributed by atoms with Crippen molar-refractivity contribution >= 4 is 5.69 Å². The summed E-state index contributed by atoms with van der Waals surface area (Å²) < 4.78 is 0. The summed E-state index contributed by atoms with van der Waals surface area (Å²) in [6.45, 7) is 4.00. The van der Waals surface area contributed by atoms with E-state index in [1.54, 1.807) is 12.1 Å². The van der Waals surface area contributed by atoms with E-state index in [-0.39, 0.29) is 0 Å². The Morgan fingerprint density at radius 2 is 1.42 bits per heavy atom. The fraction of sp³-hybridized carbons (Fsp3) is 0.400. The van der Waals surface area contributed by atoms with Gasteiger partial charge in [0.25, 0.3) is 0 Å². The van der Waals surface area contributed by atoms with Gasteiger partial charge < -0.3 is 10.0 Å². The number of anilines is 1. The summed E-state index contributed by atoms with van der Waals surface area (Å²) in [5.74, 6) is 0.311. The summed E-state index contributed by atoms with van der Waals surface area (Å²) in [5.41, 5.74) is 1.10. The molecule has 0 spiro atoms. The Bertz CT molecular complexity index is 204. The highest BCUT2D eigenvalue weighted by atomic mass is 16.3. The van der Waals surface area contributed by atoms with Gasteiger partial charge in [0.15, 0.2) is 0 Å². The standard InChI is InChI=1S/C8H11NO.C2H6/c1-9(2)7-3-5-8(10)6-4-7;1-2/h3-6,10H,1-2H3;1-2H3. The SMILES string of the molecule is CC.CN(C)c1ccc(O)cc1. The Morgan fingerprint density at radius 1 is 1.00 bits per heavy atom. The Morgan fingerprint density at radius 3 is 1.75 bits per heavy atom. The maximum atomic E-state index is 8.92. The van der Waals surface area contributed by atoms with Gasteiger partial charge in [-0.15, -0.1) is 0 Å². The van der Waals surface area contributed by atoms with E-state index >= 15 is 0 Å². The summed E-state index contributed by atoms with van der Waals surface area (Å²) in [5, 5.41) is 8.92. The van der Waals surface area contributed by atoms with Crippen LogP contribution in [0.25, 0.3) is 0 Å². The molecule has 12 heavy (non-hydrogen) atoms.